The van der Waals surface area contributed by atoms with Crippen molar-refractivity contribution in [3.63, 3.8) is 0 Å². The molecular formula is C11H9IN4O. The van der Waals surface area contributed by atoms with Gasteiger partial charge < -0.3 is 5.32 Å². The Hall–Kier alpha value is -1.57. The summed E-state index contributed by atoms with van der Waals surface area (Å²) in [5.74, 6) is 0.544. The van der Waals surface area contributed by atoms with Crippen molar-refractivity contribution in [2.45, 2.75) is 0 Å². The summed E-state index contributed by atoms with van der Waals surface area (Å²) in [5, 5.41) is 3.12. The third-order valence-electron chi connectivity index (χ3n) is 2.38. The number of aromatic nitrogens is 2. The van der Waals surface area contributed by atoms with Crippen molar-refractivity contribution in [1.82, 2.24) is 9.66 Å². The third-order valence-corrected chi connectivity index (χ3v) is 3.84. The van der Waals surface area contributed by atoms with E-state index in [0.29, 0.717) is 11.6 Å². The van der Waals surface area contributed by atoms with Gasteiger partial charge in [0.2, 0.25) is 5.95 Å². The van der Waals surface area contributed by atoms with E-state index in [1.165, 1.54) is 10.7 Å². The first-order valence-corrected chi connectivity index (χ1v) is 7.57. The summed E-state index contributed by atoms with van der Waals surface area (Å²) in [6, 6.07) is 11.2. The van der Waals surface area contributed by atoms with Gasteiger partial charge in [-0.2, -0.15) is 4.68 Å². The number of hydrogen-bond acceptors (Lipinski definition) is 4. The highest BCUT2D eigenvalue weighted by molar-refractivity contribution is 14.2. The second kappa shape index (κ2) is 4.36. The predicted molar refractivity (Wildman–Crippen MR) is 74.3 cm³/mol. The summed E-state index contributed by atoms with van der Waals surface area (Å²) in [5.41, 5.74) is 1.50. The van der Waals surface area contributed by atoms with Gasteiger partial charge in [-0.15, -0.1) is 3.25 Å². The second-order valence-corrected chi connectivity index (χ2v) is 5.36. The third kappa shape index (κ3) is 1.99. The molecule has 3 rings (SSSR count). The molecule has 0 spiro atoms. The molecule has 2 aromatic rings. The van der Waals surface area contributed by atoms with Crippen LogP contribution >= 0.6 is 21.0 Å². The van der Waals surface area contributed by atoms with Crippen LogP contribution in [0.1, 0.15) is 0 Å². The van der Waals surface area contributed by atoms with E-state index in [2.05, 4.69) is 13.6 Å². The van der Waals surface area contributed by atoms with Crippen LogP contribution < -0.4 is 10.9 Å². The van der Waals surface area contributed by atoms with Crippen molar-refractivity contribution in [2.75, 3.05) is 9.87 Å². The molecule has 0 radical (unpaired) electrons. The van der Waals surface area contributed by atoms with E-state index in [0.717, 1.165) is 10.1 Å². The van der Waals surface area contributed by atoms with Crippen LogP contribution in [-0.2, 0) is 0 Å². The van der Waals surface area contributed by atoms with Crippen LogP contribution in [0.15, 0.2) is 44.4 Å². The Morgan fingerprint density at radius 3 is 2.94 bits per heavy atom. The van der Waals surface area contributed by atoms with E-state index in [9.17, 15) is 4.79 Å². The molecule has 1 aliphatic rings. The lowest BCUT2D eigenvalue weighted by Crippen LogP contribution is -2.22. The number of anilines is 1. The fourth-order valence-electron chi connectivity index (χ4n) is 1.59. The van der Waals surface area contributed by atoms with Crippen LogP contribution in [0, 0.1) is 0 Å². The highest BCUT2D eigenvalue weighted by atomic mass is 127. The summed E-state index contributed by atoms with van der Waals surface area (Å²) in [7, 11) is 0. The van der Waals surface area contributed by atoms with Crippen molar-refractivity contribution in [3.8, 4) is 11.3 Å². The maximum Gasteiger partial charge on any atom is 0.276 e. The molecule has 0 atom stereocenters. The minimum Gasteiger partial charge on any atom is -0.344 e. The van der Waals surface area contributed by atoms with Crippen molar-refractivity contribution >= 4 is 27.0 Å². The van der Waals surface area contributed by atoms with E-state index in [1.807, 2.05) is 30.3 Å². The lowest BCUT2D eigenvalue weighted by atomic mass is 10.1. The molecule has 86 valence electrons. The predicted octanol–water partition coefficient (Wildman–Crippen LogP) is 2.21. The Kier molecular flexibility index (Phi) is 2.71. The summed E-state index contributed by atoms with van der Waals surface area (Å²) < 4.78 is 6.40. The van der Waals surface area contributed by atoms with E-state index in [1.54, 1.807) is 0 Å². The van der Waals surface area contributed by atoms with Gasteiger partial charge >= 0.3 is 0 Å². The number of halogens is 1. The molecule has 5 nitrogen and oxygen atoms in total. The quantitative estimate of drug-likeness (QED) is 0.492. The van der Waals surface area contributed by atoms with Crippen LogP contribution in [0.25, 0.3) is 11.3 Å². The Morgan fingerprint density at radius 1 is 1.29 bits per heavy atom. The molecule has 1 aliphatic heterocycles. The Bertz CT molecular complexity index is 636. The lowest BCUT2D eigenvalue weighted by molar-refractivity contribution is 0.827. The first kappa shape index (κ1) is 10.6. The van der Waals surface area contributed by atoms with E-state index in [4.69, 9.17) is 0 Å². The van der Waals surface area contributed by atoms with Crippen LogP contribution in [0.3, 0.4) is 0 Å². The van der Waals surface area contributed by atoms with E-state index >= 15 is 0 Å². The standard InChI is InChI=1S/C11H9IN4O/c17-10-6-9(8-4-2-1-3-5-8)14-11-13-7-12-15-16(10)11/h1-6H,7H2,(H,13,14). The molecule has 1 N–H and O–H groups in total. The molecule has 6 heteroatoms. The van der Waals surface area contributed by atoms with Crippen LogP contribution in [-0.4, -0.2) is 14.2 Å². The Morgan fingerprint density at radius 2 is 2.12 bits per heavy atom. The first-order valence-electron chi connectivity index (χ1n) is 5.08. The molecule has 0 amide bonds. The van der Waals surface area contributed by atoms with Crippen molar-refractivity contribution < 1.29 is 0 Å². The molecule has 0 fully saturated rings. The lowest BCUT2D eigenvalue weighted by Gasteiger charge is -2.12. The fraction of sp³-hybridized carbons (Fsp3) is 0.0909. The number of alkyl halides is 1. The monoisotopic (exact) mass is 340 g/mol. The molecule has 1 aromatic heterocycles. The highest BCUT2D eigenvalue weighted by Crippen LogP contribution is 2.19. The molecule has 17 heavy (non-hydrogen) atoms. The SMILES string of the molecule is O=c1cc(-c2ccccc2)nc2n1N=ICN2. The summed E-state index contributed by atoms with van der Waals surface area (Å²) in [6.07, 6.45) is 0. The normalized spacial score (nSPS) is 13.4. The van der Waals surface area contributed by atoms with Gasteiger partial charge in [-0.25, -0.2) is 4.98 Å². The number of nitrogens with zero attached hydrogens (tertiary/aromatic N) is 3. The number of fused-ring (bicyclic) bond motifs is 1. The van der Waals surface area contributed by atoms with Crippen LogP contribution in [0.2, 0.25) is 0 Å². The largest absolute Gasteiger partial charge is 0.344 e. The zero-order valence-corrected chi connectivity index (χ0v) is 11.0. The highest BCUT2D eigenvalue weighted by Gasteiger charge is 2.11. The van der Waals surface area contributed by atoms with Crippen LogP contribution in [0.5, 0.6) is 0 Å². The minimum absolute atomic E-state index is 0.124. The zero-order chi connectivity index (χ0) is 11.7. The average molecular weight is 340 g/mol. The van der Waals surface area contributed by atoms with Crippen molar-refractivity contribution in [3.05, 3.63) is 46.8 Å². The molecular weight excluding hydrogens is 331 g/mol. The fourth-order valence-corrected chi connectivity index (χ4v) is 2.98. The number of hydrogen-bond donors (Lipinski definition) is 1. The minimum atomic E-state index is -0.319. The van der Waals surface area contributed by atoms with Gasteiger partial charge in [0.05, 0.1) is 10.2 Å². The second-order valence-electron chi connectivity index (χ2n) is 3.49. The summed E-state index contributed by atoms with van der Waals surface area (Å²) in [6.45, 7) is 0. The zero-order valence-electron chi connectivity index (χ0n) is 8.80. The van der Waals surface area contributed by atoms with E-state index < -0.39 is 0 Å². The molecule has 0 aliphatic carbocycles. The van der Waals surface area contributed by atoms with Gasteiger partial charge in [0.15, 0.2) is 0 Å². The van der Waals surface area contributed by atoms with Gasteiger partial charge in [0, 0.05) is 32.7 Å². The van der Waals surface area contributed by atoms with Gasteiger partial charge in [0.1, 0.15) is 0 Å². The van der Waals surface area contributed by atoms with Gasteiger partial charge in [0.25, 0.3) is 5.56 Å². The smallest absolute Gasteiger partial charge is 0.276 e. The van der Waals surface area contributed by atoms with Crippen molar-refractivity contribution in [2.24, 2.45) is 3.25 Å². The maximum absolute atomic E-state index is 11.9. The molecule has 0 saturated carbocycles. The molecule has 2 heterocycles. The molecule has 0 saturated heterocycles. The Balaban J connectivity index is 2.18. The van der Waals surface area contributed by atoms with Gasteiger partial charge in [-0.1, -0.05) is 30.3 Å². The first-order chi connectivity index (χ1) is 8.34. The molecule has 0 unspecified atom stereocenters. The Labute approximate surface area is 108 Å². The van der Waals surface area contributed by atoms with E-state index in [-0.39, 0.29) is 26.6 Å². The van der Waals surface area contributed by atoms with Gasteiger partial charge in [-0.05, 0) is 0 Å². The van der Waals surface area contributed by atoms with Crippen molar-refractivity contribution in [1.29, 1.82) is 0 Å². The molecule has 1 aromatic carbocycles. The topological polar surface area (TPSA) is 59.3 Å². The summed E-state index contributed by atoms with van der Waals surface area (Å²) in [4.78, 5) is 16.3. The van der Waals surface area contributed by atoms with Crippen LogP contribution in [0.4, 0.5) is 5.95 Å². The maximum atomic E-state index is 11.9. The average Bonchev–Trinajstić information content (AvgIpc) is 2.40. The number of nitrogens with one attached hydrogen (secondary N) is 1. The summed E-state index contributed by atoms with van der Waals surface area (Å²) >= 11 is -0.319. The van der Waals surface area contributed by atoms with Gasteiger partial charge in [-0.3, -0.25) is 4.79 Å². The number of benzene rings is 1. The molecule has 0 bridgehead atoms. The number of rotatable bonds is 1.